The Morgan fingerprint density at radius 3 is 3.33 bits per heavy atom. The molecule has 2 aliphatic rings. The van der Waals surface area contributed by atoms with Crippen LogP contribution in [-0.4, -0.2) is 23.1 Å². The van der Waals surface area contributed by atoms with Gasteiger partial charge in [0.05, 0.1) is 18.9 Å². The van der Waals surface area contributed by atoms with Gasteiger partial charge in [0.1, 0.15) is 5.82 Å². The minimum atomic E-state index is 0.660. The van der Waals surface area contributed by atoms with Crippen molar-refractivity contribution in [1.82, 2.24) is 15.3 Å². The molecule has 1 aromatic rings. The monoisotopic (exact) mass is 205 g/mol. The fourth-order valence-corrected chi connectivity index (χ4v) is 2.23. The summed E-state index contributed by atoms with van der Waals surface area (Å²) in [5.41, 5.74) is 2.24. The molecule has 1 aromatic heterocycles. The average molecular weight is 205 g/mol. The summed E-state index contributed by atoms with van der Waals surface area (Å²) in [6.45, 7) is 3.59. The van der Waals surface area contributed by atoms with E-state index in [1.54, 1.807) is 0 Å². The molecule has 0 spiro atoms. The largest absolute Gasteiger partial charge is 0.370 e. The van der Waals surface area contributed by atoms with Crippen LogP contribution in [-0.2, 0) is 24.4 Å². The fraction of sp³-hybridized carbons (Fsp3) is 0.636. The Bertz CT molecular complexity index is 361. The van der Waals surface area contributed by atoms with Crippen LogP contribution in [0.3, 0.4) is 0 Å². The Hall–Kier alpha value is -1.00. The van der Waals surface area contributed by atoms with E-state index in [0.29, 0.717) is 19.1 Å². The molecule has 1 saturated heterocycles. The average Bonchev–Trinajstić information content (AvgIpc) is 2.87. The molecule has 3 rings (SSSR count). The van der Waals surface area contributed by atoms with Gasteiger partial charge in [-0.15, -0.1) is 0 Å². The molecular weight excluding hydrogens is 190 g/mol. The number of fused-ring (bicyclic) bond motifs is 1. The molecule has 2 aliphatic heterocycles. The highest BCUT2D eigenvalue weighted by Crippen LogP contribution is 2.18. The van der Waals surface area contributed by atoms with Crippen LogP contribution in [0.1, 0.15) is 23.5 Å². The van der Waals surface area contributed by atoms with E-state index in [1.807, 2.05) is 6.20 Å². The summed E-state index contributed by atoms with van der Waals surface area (Å²) in [7, 11) is 0. The molecular formula is C11H15N3O. The molecule has 0 radical (unpaired) electrons. The first kappa shape index (κ1) is 9.24. The Morgan fingerprint density at radius 1 is 1.47 bits per heavy atom. The zero-order chi connectivity index (χ0) is 10.1. The zero-order valence-electron chi connectivity index (χ0n) is 8.70. The van der Waals surface area contributed by atoms with Crippen molar-refractivity contribution in [3.63, 3.8) is 0 Å². The molecule has 0 saturated carbocycles. The van der Waals surface area contributed by atoms with Gasteiger partial charge in [-0.1, -0.05) is 0 Å². The molecule has 4 nitrogen and oxygen atoms in total. The van der Waals surface area contributed by atoms with E-state index in [9.17, 15) is 0 Å². The number of hydrogen-bond donors (Lipinski definition) is 1. The molecule has 0 aromatic carbocycles. The smallest absolute Gasteiger partial charge is 0.128 e. The number of rotatable bonds is 2. The summed E-state index contributed by atoms with van der Waals surface area (Å²) in [6.07, 6.45) is 4.17. The number of nitrogens with zero attached hydrogens (tertiary/aromatic N) is 2. The van der Waals surface area contributed by atoms with Crippen molar-refractivity contribution in [3.05, 3.63) is 23.3 Å². The van der Waals surface area contributed by atoms with E-state index in [0.717, 1.165) is 36.6 Å². The van der Waals surface area contributed by atoms with Crippen LogP contribution in [0.15, 0.2) is 6.20 Å². The van der Waals surface area contributed by atoms with Gasteiger partial charge in [-0.2, -0.15) is 0 Å². The Labute approximate surface area is 89.1 Å². The lowest BCUT2D eigenvalue weighted by atomic mass is 10.0. The summed E-state index contributed by atoms with van der Waals surface area (Å²) < 4.78 is 5.33. The lowest BCUT2D eigenvalue weighted by Gasteiger charge is -2.07. The molecule has 1 unspecified atom stereocenters. The molecule has 0 aliphatic carbocycles. The molecule has 80 valence electrons. The molecule has 1 N–H and O–H groups in total. The summed E-state index contributed by atoms with van der Waals surface area (Å²) >= 11 is 0. The van der Waals surface area contributed by atoms with Gasteiger partial charge in [0, 0.05) is 18.2 Å². The minimum Gasteiger partial charge on any atom is -0.370 e. The maximum Gasteiger partial charge on any atom is 0.128 e. The molecule has 4 heteroatoms. The van der Waals surface area contributed by atoms with Gasteiger partial charge >= 0.3 is 0 Å². The van der Waals surface area contributed by atoms with Gasteiger partial charge in [0.2, 0.25) is 0 Å². The predicted octanol–water partition coefficient (Wildman–Crippen LogP) is 0.659. The lowest BCUT2D eigenvalue weighted by molar-refractivity contribution is 0.133. The predicted molar refractivity (Wildman–Crippen MR) is 55.2 cm³/mol. The summed E-state index contributed by atoms with van der Waals surface area (Å²) in [5.74, 6) is 1.69. The van der Waals surface area contributed by atoms with Gasteiger partial charge in [-0.25, -0.2) is 9.97 Å². The standard InChI is InChI=1S/C11H15N3O/c1-2-12-4-8(1)3-11-13-5-9-6-15-7-10(9)14-11/h5,8,12H,1-4,6-7H2. The van der Waals surface area contributed by atoms with Crippen LogP contribution in [0, 0.1) is 5.92 Å². The third-order valence-corrected chi connectivity index (χ3v) is 3.13. The van der Waals surface area contributed by atoms with Crippen LogP contribution >= 0.6 is 0 Å². The maximum absolute atomic E-state index is 5.33. The SMILES string of the molecule is c1nc(CC2CCNC2)nc2c1COC2. The van der Waals surface area contributed by atoms with Gasteiger partial charge in [-0.3, -0.25) is 0 Å². The summed E-state index contributed by atoms with van der Waals surface area (Å²) in [6, 6.07) is 0. The number of nitrogens with one attached hydrogen (secondary N) is 1. The van der Waals surface area contributed by atoms with Crippen LogP contribution in [0.5, 0.6) is 0 Å². The Morgan fingerprint density at radius 2 is 2.47 bits per heavy atom. The Balaban J connectivity index is 1.75. The topological polar surface area (TPSA) is 47.0 Å². The molecule has 3 heterocycles. The molecule has 0 bridgehead atoms. The van der Waals surface area contributed by atoms with Gasteiger partial charge in [-0.05, 0) is 25.4 Å². The van der Waals surface area contributed by atoms with Crippen molar-refractivity contribution in [2.24, 2.45) is 5.92 Å². The van der Waals surface area contributed by atoms with E-state index < -0.39 is 0 Å². The van der Waals surface area contributed by atoms with Crippen molar-refractivity contribution in [3.8, 4) is 0 Å². The second-order valence-corrected chi connectivity index (χ2v) is 4.31. The molecule has 0 amide bonds. The maximum atomic E-state index is 5.33. The van der Waals surface area contributed by atoms with E-state index in [4.69, 9.17) is 4.74 Å². The van der Waals surface area contributed by atoms with E-state index in [1.165, 1.54) is 6.42 Å². The highest BCUT2D eigenvalue weighted by atomic mass is 16.5. The van der Waals surface area contributed by atoms with Crippen LogP contribution in [0.2, 0.25) is 0 Å². The first-order valence-corrected chi connectivity index (χ1v) is 5.54. The molecule has 1 atom stereocenters. The van der Waals surface area contributed by atoms with E-state index >= 15 is 0 Å². The number of hydrogen-bond acceptors (Lipinski definition) is 4. The Kier molecular flexibility index (Phi) is 2.38. The van der Waals surface area contributed by atoms with Crippen molar-refractivity contribution < 1.29 is 4.74 Å². The zero-order valence-corrected chi connectivity index (χ0v) is 8.70. The summed E-state index contributed by atoms with van der Waals surface area (Å²) in [5, 5.41) is 3.36. The van der Waals surface area contributed by atoms with Crippen molar-refractivity contribution in [2.45, 2.75) is 26.1 Å². The third-order valence-electron chi connectivity index (χ3n) is 3.13. The number of ether oxygens (including phenoxy) is 1. The molecule has 1 fully saturated rings. The highest BCUT2D eigenvalue weighted by Gasteiger charge is 2.18. The van der Waals surface area contributed by atoms with Crippen LogP contribution < -0.4 is 5.32 Å². The molecule has 15 heavy (non-hydrogen) atoms. The normalized spacial score (nSPS) is 24.4. The highest BCUT2D eigenvalue weighted by molar-refractivity contribution is 5.19. The fourth-order valence-electron chi connectivity index (χ4n) is 2.23. The van der Waals surface area contributed by atoms with E-state index in [-0.39, 0.29) is 0 Å². The van der Waals surface area contributed by atoms with Gasteiger partial charge in [0.25, 0.3) is 0 Å². The van der Waals surface area contributed by atoms with Crippen molar-refractivity contribution >= 4 is 0 Å². The van der Waals surface area contributed by atoms with Crippen molar-refractivity contribution in [2.75, 3.05) is 13.1 Å². The third kappa shape index (κ3) is 1.87. The second kappa shape index (κ2) is 3.87. The quantitative estimate of drug-likeness (QED) is 0.770. The number of aromatic nitrogens is 2. The lowest BCUT2D eigenvalue weighted by Crippen LogP contribution is -2.12. The minimum absolute atomic E-state index is 0.660. The van der Waals surface area contributed by atoms with Gasteiger partial charge < -0.3 is 10.1 Å². The van der Waals surface area contributed by atoms with Crippen LogP contribution in [0.25, 0.3) is 0 Å². The van der Waals surface area contributed by atoms with Crippen molar-refractivity contribution in [1.29, 1.82) is 0 Å². The van der Waals surface area contributed by atoms with Crippen LogP contribution in [0.4, 0.5) is 0 Å². The van der Waals surface area contributed by atoms with E-state index in [2.05, 4.69) is 15.3 Å². The second-order valence-electron chi connectivity index (χ2n) is 4.31. The first-order valence-electron chi connectivity index (χ1n) is 5.54. The van der Waals surface area contributed by atoms with Gasteiger partial charge in [0.15, 0.2) is 0 Å². The summed E-state index contributed by atoms with van der Waals surface area (Å²) in [4.78, 5) is 8.95. The first-order chi connectivity index (χ1) is 7.42.